The standard InChI is InChI=1S/C3H12Ge3/c1-4-2-6-3-5-1/h1-6H2. The Bertz CT molecular complexity index is 21.5. The molecule has 0 nitrogen and oxygen atoms in total. The Labute approximate surface area is 58.3 Å². The van der Waals surface area contributed by atoms with Crippen molar-refractivity contribution in [3.63, 3.8) is 0 Å². The van der Waals surface area contributed by atoms with Crippen molar-refractivity contribution in [1.82, 2.24) is 0 Å². The van der Waals surface area contributed by atoms with Crippen molar-refractivity contribution < 1.29 is 0 Å². The fourth-order valence-corrected chi connectivity index (χ4v) is 88.7. The Morgan fingerprint density at radius 3 is 1.17 bits per heavy atom. The Kier molecular flexibility index (Phi) is 3.46. The summed E-state index contributed by atoms with van der Waals surface area (Å²) in [5, 5.41) is 0. The molecule has 0 unspecified atom stereocenters. The van der Waals surface area contributed by atoms with Gasteiger partial charge in [-0.2, -0.15) is 0 Å². The van der Waals surface area contributed by atoms with Crippen molar-refractivity contribution in [1.29, 1.82) is 0 Å². The first-order chi connectivity index (χ1) is 3.00. The summed E-state index contributed by atoms with van der Waals surface area (Å²) in [5.41, 5.74) is 0. The van der Waals surface area contributed by atoms with Gasteiger partial charge in [-0.05, 0) is 0 Å². The van der Waals surface area contributed by atoms with Crippen molar-refractivity contribution >= 4 is 46.3 Å². The predicted octanol–water partition coefficient (Wildman–Crippen LogP) is -1.37. The maximum atomic E-state index is 1.92. The molecule has 1 fully saturated rings. The molecule has 0 aromatic carbocycles. The Balaban J connectivity index is 2.00. The van der Waals surface area contributed by atoms with Gasteiger partial charge in [0.2, 0.25) is 0 Å². The van der Waals surface area contributed by atoms with E-state index in [1.807, 2.05) is 12.3 Å². The van der Waals surface area contributed by atoms with Crippen LogP contribution in [0, 0.1) is 0 Å². The molecule has 6 heavy (non-hydrogen) atoms. The van der Waals surface area contributed by atoms with Gasteiger partial charge in [0.25, 0.3) is 0 Å². The minimum atomic E-state index is 0.328. The van der Waals surface area contributed by atoms with Crippen LogP contribution in [0.15, 0.2) is 0 Å². The summed E-state index contributed by atoms with van der Waals surface area (Å²) in [4.78, 5) is 0. The first-order valence-electron chi connectivity index (χ1n) is 3.00. The third-order valence-corrected chi connectivity index (χ3v) is 40.5. The number of hydrogen-bond acceptors (Lipinski definition) is 0. The van der Waals surface area contributed by atoms with Crippen molar-refractivity contribution in [3.05, 3.63) is 0 Å². The summed E-state index contributed by atoms with van der Waals surface area (Å²) in [6, 6.07) is 0. The van der Waals surface area contributed by atoms with Gasteiger partial charge in [-0.3, -0.25) is 0 Å². The maximum absolute atomic E-state index is 1.92. The molecule has 0 bridgehead atoms. The van der Waals surface area contributed by atoms with E-state index >= 15 is 0 Å². The van der Waals surface area contributed by atoms with Crippen LogP contribution in [0.5, 0.6) is 0 Å². The van der Waals surface area contributed by atoms with Crippen LogP contribution in [0.25, 0.3) is 0 Å². The number of hydrogen-bond donors (Lipinski definition) is 0. The van der Waals surface area contributed by atoms with Crippen LogP contribution in [0.1, 0.15) is 0 Å². The van der Waals surface area contributed by atoms with E-state index in [0.29, 0.717) is 46.3 Å². The van der Waals surface area contributed by atoms with Crippen molar-refractivity contribution in [3.8, 4) is 0 Å². The van der Waals surface area contributed by atoms with E-state index < -0.39 is 0 Å². The average molecular weight is 266 g/mol. The Morgan fingerprint density at radius 1 is 0.667 bits per heavy atom. The van der Waals surface area contributed by atoms with Gasteiger partial charge in [-0.1, -0.05) is 0 Å². The molecule has 0 aromatic rings. The molecule has 0 N–H and O–H groups in total. The summed E-state index contributed by atoms with van der Waals surface area (Å²) in [6.45, 7) is 0. The summed E-state index contributed by atoms with van der Waals surface area (Å²) < 4.78 is 5.77. The van der Waals surface area contributed by atoms with Crippen molar-refractivity contribution in [2.75, 3.05) is 0 Å². The van der Waals surface area contributed by atoms with Crippen LogP contribution in [0.3, 0.4) is 0 Å². The second-order valence-electron chi connectivity index (χ2n) is 2.12. The molecule has 0 radical (unpaired) electrons. The zero-order chi connectivity index (χ0) is 4.24. The Morgan fingerprint density at radius 2 is 1.00 bits per heavy atom. The first kappa shape index (κ1) is 5.76. The third kappa shape index (κ3) is 2.07. The van der Waals surface area contributed by atoms with Gasteiger partial charge in [0.05, 0.1) is 0 Å². The average Bonchev–Trinajstić information content (AvgIpc) is 1.72. The topological polar surface area (TPSA) is 0 Å². The van der Waals surface area contributed by atoms with Gasteiger partial charge in [0.1, 0.15) is 0 Å². The molecule has 36 valence electrons. The van der Waals surface area contributed by atoms with E-state index in [1.165, 1.54) is 0 Å². The van der Waals surface area contributed by atoms with Gasteiger partial charge >= 0.3 is 58.6 Å². The van der Waals surface area contributed by atoms with Crippen LogP contribution in [0.2, 0.25) is 12.3 Å². The molecule has 3 heteroatoms. The molecule has 1 aliphatic heterocycles. The molecule has 0 atom stereocenters. The zero-order valence-electron chi connectivity index (χ0n) is 4.24. The third-order valence-electron chi connectivity index (χ3n) is 1.50. The summed E-state index contributed by atoms with van der Waals surface area (Å²) >= 11 is 0.984. The molecule has 1 aliphatic rings. The van der Waals surface area contributed by atoms with E-state index in [-0.39, 0.29) is 0 Å². The second kappa shape index (κ2) is 3.61. The fourth-order valence-electron chi connectivity index (χ4n) is 1.06. The monoisotopic (exact) mass is 270 g/mol. The molecular formula is C3H12Ge3. The van der Waals surface area contributed by atoms with Crippen LogP contribution in [-0.2, 0) is 0 Å². The first-order valence-corrected chi connectivity index (χ1v) is 15.6. The number of rotatable bonds is 0. The van der Waals surface area contributed by atoms with E-state index in [4.69, 9.17) is 0 Å². The van der Waals surface area contributed by atoms with Crippen LogP contribution < -0.4 is 0 Å². The molecule has 1 rings (SSSR count). The predicted molar refractivity (Wildman–Crippen MR) is 40.1 cm³/mol. The van der Waals surface area contributed by atoms with Gasteiger partial charge in [0, 0.05) is 0 Å². The molecule has 0 aliphatic carbocycles. The second-order valence-corrected chi connectivity index (χ2v) is 34.1. The van der Waals surface area contributed by atoms with Gasteiger partial charge < -0.3 is 0 Å². The van der Waals surface area contributed by atoms with Gasteiger partial charge in [-0.15, -0.1) is 0 Å². The van der Waals surface area contributed by atoms with Crippen LogP contribution in [-0.4, -0.2) is 46.3 Å². The normalized spacial score (nSPS) is 36.0. The van der Waals surface area contributed by atoms with E-state index in [2.05, 4.69) is 0 Å². The summed E-state index contributed by atoms with van der Waals surface area (Å²) in [6.07, 6.45) is 0. The zero-order valence-corrected chi connectivity index (χ0v) is 13.1. The molecule has 0 spiro atoms. The van der Waals surface area contributed by atoms with Gasteiger partial charge in [0.15, 0.2) is 0 Å². The minimum absolute atomic E-state index is 0.328. The van der Waals surface area contributed by atoms with Crippen LogP contribution in [0.4, 0.5) is 0 Å². The SMILES string of the molecule is [CH2]1[GeH2][CH2][GeH2][CH2][GeH2]1. The molecule has 0 amide bonds. The van der Waals surface area contributed by atoms with Gasteiger partial charge in [-0.25, -0.2) is 0 Å². The molecule has 1 heterocycles. The molecule has 1 saturated heterocycles. The van der Waals surface area contributed by atoms with E-state index in [0.717, 1.165) is 0 Å². The molecule has 0 saturated carbocycles. The Hall–Kier alpha value is 1.63. The molecular weight excluding hydrogens is 254 g/mol. The van der Waals surface area contributed by atoms with Crippen molar-refractivity contribution in [2.45, 2.75) is 12.3 Å². The van der Waals surface area contributed by atoms with Crippen LogP contribution >= 0.6 is 0 Å². The molecule has 0 aromatic heterocycles. The van der Waals surface area contributed by atoms with E-state index in [9.17, 15) is 0 Å². The fraction of sp³-hybridized carbons (Fsp3) is 1.00. The van der Waals surface area contributed by atoms with Crippen molar-refractivity contribution in [2.24, 2.45) is 0 Å². The summed E-state index contributed by atoms with van der Waals surface area (Å²) in [5.74, 6) is 0. The quantitative estimate of drug-likeness (QED) is 0.475. The summed E-state index contributed by atoms with van der Waals surface area (Å²) in [7, 11) is 0. The van der Waals surface area contributed by atoms with E-state index in [1.54, 1.807) is 0 Å².